The van der Waals surface area contributed by atoms with Crippen molar-refractivity contribution in [3.63, 3.8) is 0 Å². The summed E-state index contributed by atoms with van der Waals surface area (Å²) >= 11 is 0. The van der Waals surface area contributed by atoms with Gasteiger partial charge in [0, 0.05) is 30.5 Å². The van der Waals surface area contributed by atoms with Gasteiger partial charge in [-0.3, -0.25) is 9.36 Å². The van der Waals surface area contributed by atoms with Crippen LogP contribution in [0.3, 0.4) is 0 Å². The highest BCUT2D eigenvalue weighted by Gasteiger charge is 2.25. The second-order valence-corrected chi connectivity index (χ2v) is 7.42. The van der Waals surface area contributed by atoms with Gasteiger partial charge in [0.2, 0.25) is 10.0 Å². The first-order valence-electron chi connectivity index (χ1n) is 7.83. The number of nitrogens with one attached hydrogen (secondary N) is 1. The molecule has 6 nitrogen and oxygen atoms in total. The SMILES string of the molecule is O=c1cc(C2CC2)ncn1CCNS(=O)(=O)/C=C/c1ccccc1. The molecular formula is C17H19N3O3S. The smallest absolute Gasteiger partial charge is 0.253 e. The fraction of sp³-hybridized carbons (Fsp3) is 0.294. The summed E-state index contributed by atoms with van der Waals surface area (Å²) in [4.78, 5) is 16.2. The highest BCUT2D eigenvalue weighted by Crippen LogP contribution is 2.38. The molecule has 1 aliphatic carbocycles. The molecule has 1 aliphatic rings. The summed E-state index contributed by atoms with van der Waals surface area (Å²) in [5, 5.41) is 1.12. The number of hydrogen-bond acceptors (Lipinski definition) is 4. The van der Waals surface area contributed by atoms with Crippen LogP contribution in [0.5, 0.6) is 0 Å². The van der Waals surface area contributed by atoms with Gasteiger partial charge >= 0.3 is 0 Å². The minimum atomic E-state index is -3.54. The number of rotatable bonds is 7. The summed E-state index contributed by atoms with van der Waals surface area (Å²) in [6.07, 6.45) is 5.19. The third-order valence-electron chi connectivity index (χ3n) is 3.79. The average molecular weight is 345 g/mol. The highest BCUT2D eigenvalue weighted by molar-refractivity contribution is 7.92. The van der Waals surface area contributed by atoms with Crippen LogP contribution in [0, 0.1) is 0 Å². The predicted octanol–water partition coefficient (Wildman–Crippen LogP) is 1.71. The predicted molar refractivity (Wildman–Crippen MR) is 92.9 cm³/mol. The van der Waals surface area contributed by atoms with Crippen molar-refractivity contribution in [1.82, 2.24) is 14.3 Å². The van der Waals surface area contributed by atoms with E-state index in [1.54, 1.807) is 6.07 Å². The Kier molecular flexibility index (Phi) is 4.92. The van der Waals surface area contributed by atoms with Crippen molar-refractivity contribution in [2.24, 2.45) is 0 Å². The molecular weight excluding hydrogens is 326 g/mol. The Hall–Kier alpha value is -2.25. The zero-order valence-electron chi connectivity index (χ0n) is 13.1. The number of nitrogens with zero attached hydrogens (tertiary/aromatic N) is 2. The first-order valence-corrected chi connectivity index (χ1v) is 9.37. The molecule has 0 radical (unpaired) electrons. The molecule has 1 heterocycles. The lowest BCUT2D eigenvalue weighted by molar-refractivity contribution is 0.576. The summed E-state index contributed by atoms with van der Waals surface area (Å²) in [7, 11) is -3.54. The van der Waals surface area contributed by atoms with Crippen LogP contribution in [0.15, 0.2) is 52.9 Å². The van der Waals surface area contributed by atoms with E-state index in [-0.39, 0.29) is 18.6 Å². The Morgan fingerprint density at radius 1 is 1.25 bits per heavy atom. The van der Waals surface area contributed by atoms with E-state index in [9.17, 15) is 13.2 Å². The van der Waals surface area contributed by atoms with Crippen LogP contribution in [0.1, 0.15) is 30.0 Å². The van der Waals surface area contributed by atoms with Crippen LogP contribution >= 0.6 is 0 Å². The lowest BCUT2D eigenvalue weighted by atomic mass is 10.2. The molecule has 24 heavy (non-hydrogen) atoms. The molecule has 7 heteroatoms. The van der Waals surface area contributed by atoms with E-state index >= 15 is 0 Å². The first-order chi connectivity index (χ1) is 11.5. The van der Waals surface area contributed by atoms with Crippen molar-refractivity contribution in [3.05, 3.63) is 69.7 Å². The summed E-state index contributed by atoms with van der Waals surface area (Å²) < 4.78 is 27.7. The van der Waals surface area contributed by atoms with E-state index in [0.717, 1.165) is 29.5 Å². The molecule has 1 N–H and O–H groups in total. The van der Waals surface area contributed by atoms with Crippen molar-refractivity contribution < 1.29 is 8.42 Å². The fourth-order valence-corrected chi connectivity index (χ4v) is 3.11. The third kappa shape index (κ3) is 4.62. The Balaban J connectivity index is 1.55. The zero-order valence-corrected chi connectivity index (χ0v) is 13.9. The van der Waals surface area contributed by atoms with Crippen molar-refractivity contribution in [3.8, 4) is 0 Å². The molecule has 1 aromatic heterocycles. The van der Waals surface area contributed by atoms with Crippen LogP contribution < -0.4 is 10.3 Å². The Labute approximate surface area is 140 Å². The van der Waals surface area contributed by atoms with Crippen molar-refractivity contribution in [1.29, 1.82) is 0 Å². The molecule has 0 unspecified atom stereocenters. The lowest BCUT2D eigenvalue weighted by Crippen LogP contribution is -2.30. The molecule has 0 spiro atoms. The Bertz CT molecular complexity index is 885. The molecule has 2 aromatic rings. The van der Waals surface area contributed by atoms with Gasteiger partial charge in [-0.25, -0.2) is 18.1 Å². The Morgan fingerprint density at radius 3 is 2.67 bits per heavy atom. The standard InChI is InChI=1S/C17H19N3O3S/c21-17-12-16(15-6-7-15)18-13-20(17)10-9-19-24(22,23)11-8-14-4-2-1-3-5-14/h1-5,8,11-13,15,19H,6-7,9-10H2/b11-8+. The van der Waals surface area contributed by atoms with Gasteiger partial charge < -0.3 is 0 Å². The van der Waals surface area contributed by atoms with Gasteiger partial charge in [0.15, 0.2) is 0 Å². The van der Waals surface area contributed by atoms with Crippen LogP contribution in [-0.2, 0) is 16.6 Å². The van der Waals surface area contributed by atoms with E-state index in [2.05, 4.69) is 9.71 Å². The number of sulfonamides is 1. The molecule has 0 amide bonds. The largest absolute Gasteiger partial charge is 0.298 e. The van der Waals surface area contributed by atoms with Crippen LogP contribution in [0.25, 0.3) is 6.08 Å². The maximum Gasteiger partial charge on any atom is 0.253 e. The fourth-order valence-electron chi connectivity index (χ4n) is 2.30. The van der Waals surface area contributed by atoms with Gasteiger partial charge in [-0.2, -0.15) is 0 Å². The molecule has 0 atom stereocenters. The zero-order chi connectivity index (χ0) is 17.0. The molecule has 1 aromatic carbocycles. The molecule has 0 saturated heterocycles. The summed E-state index contributed by atoms with van der Waals surface area (Å²) in [5.41, 5.74) is 1.49. The van der Waals surface area contributed by atoms with Gasteiger partial charge in [0.1, 0.15) is 0 Å². The minimum Gasteiger partial charge on any atom is -0.298 e. The number of hydrogen-bond donors (Lipinski definition) is 1. The monoisotopic (exact) mass is 345 g/mol. The third-order valence-corrected chi connectivity index (χ3v) is 4.89. The van der Waals surface area contributed by atoms with Gasteiger partial charge in [-0.05, 0) is 24.5 Å². The number of benzene rings is 1. The van der Waals surface area contributed by atoms with Gasteiger partial charge in [-0.15, -0.1) is 0 Å². The number of aromatic nitrogens is 2. The maximum absolute atomic E-state index is 12.0. The normalized spacial score (nSPS) is 15.0. The van der Waals surface area contributed by atoms with Crippen molar-refractivity contribution >= 4 is 16.1 Å². The van der Waals surface area contributed by atoms with Crippen LogP contribution in [0.4, 0.5) is 0 Å². The van der Waals surface area contributed by atoms with E-state index in [4.69, 9.17) is 0 Å². The van der Waals surface area contributed by atoms with Crippen molar-refractivity contribution in [2.45, 2.75) is 25.3 Å². The van der Waals surface area contributed by atoms with Crippen LogP contribution in [-0.4, -0.2) is 24.5 Å². The second-order valence-electron chi connectivity index (χ2n) is 5.77. The van der Waals surface area contributed by atoms with Crippen molar-refractivity contribution in [2.75, 3.05) is 6.54 Å². The van der Waals surface area contributed by atoms with Gasteiger partial charge in [-0.1, -0.05) is 30.3 Å². The second kappa shape index (κ2) is 7.11. The van der Waals surface area contributed by atoms with E-state index in [1.807, 2.05) is 30.3 Å². The van der Waals surface area contributed by atoms with E-state index in [0.29, 0.717) is 5.92 Å². The molecule has 126 valence electrons. The summed E-state index contributed by atoms with van der Waals surface area (Å²) in [6, 6.07) is 10.7. The van der Waals surface area contributed by atoms with Crippen LogP contribution in [0.2, 0.25) is 0 Å². The van der Waals surface area contributed by atoms with E-state index in [1.165, 1.54) is 17.0 Å². The van der Waals surface area contributed by atoms with E-state index < -0.39 is 10.0 Å². The molecule has 0 aliphatic heterocycles. The first kappa shape index (κ1) is 16.6. The lowest BCUT2D eigenvalue weighted by Gasteiger charge is -2.06. The quantitative estimate of drug-likeness (QED) is 0.828. The molecule has 0 bridgehead atoms. The maximum atomic E-state index is 12.0. The topological polar surface area (TPSA) is 81.1 Å². The average Bonchev–Trinajstić information content (AvgIpc) is 3.40. The van der Waals surface area contributed by atoms with Gasteiger partial charge in [0.05, 0.1) is 12.0 Å². The highest BCUT2D eigenvalue weighted by atomic mass is 32.2. The molecule has 1 saturated carbocycles. The minimum absolute atomic E-state index is 0.131. The summed E-state index contributed by atoms with van der Waals surface area (Å²) in [6.45, 7) is 0.376. The molecule has 3 rings (SSSR count). The molecule has 1 fully saturated rings. The van der Waals surface area contributed by atoms with Gasteiger partial charge in [0.25, 0.3) is 5.56 Å². The Morgan fingerprint density at radius 2 is 2.00 bits per heavy atom. The summed E-state index contributed by atoms with van der Waals surface area (Å²) in [5.74, 6) is 0.425.